The molecule has 17 heavy (non-hydrogen) atoms. The first-order chi connectivity index (χ1) is 7.86. The first kappa shape index (κ1) is 14.3. The lowest BCUT2D eigenvalue weighted by Crippen LogP contribution is -2.39. The molecule has 1 aromatic carbocycles. The Morgan fingerprint density at radius 2 is 2.00 bits per heavy atom. The van der Waals surface area contributed by atoms with Gasteiger partial charge >= 0.3 is 0 Å². The Kier molecular flexibility index (Phi) is 4.80. The molecule has 0 aromatic heterocycles. The largest absolute Gasteiger partial charge is 0.354 e. The van der Waals surface area contributed by atoms with Crippen molar-refractivity contribution in [1.82, 2.24) is 5.32 Å². The number of benzene rings is 1. The summed E-state index contributed by atoms with van der Waals surface area (Å²) in [7, 11) is 0. The fraction of sp³-hybridized carbons (Fsp3) is 0.417. The zero-order valence-electron chi connectivity index (χ0n) is 9.89. The summed E-state index contributed by atoms with van der Waals surface area (Å²) >= 11 is 11.8. The highest BCUT2D eigenvalue weighted by molar-refractivity contribution is 6.42. The lowest BCUT2D eigenvalue weighted by atomic mass is 9.84. The second-order valence-electron chi connectivity index (χ2n) is 4.49. The number of halogens is 2. The van der Waals surface area contributed by atoms with E-state index >= 15 is 0 Å². The van der Waals surface area contributed by atoms with Crippen LogP contribution in [0.3, 0.4) is 0 Å². The molecule has 0 heterocycles. The van der Waals surface area contributed by atoms with Crippen LogP contribution in [0.1, 0.15) is 19.4 Å². The molecule has 94 valence electrons. The van der Waals surface area contributed by atoms with Crippen LogP contribution in [0.2, 0.25) is 10.0 Å². The van der Waals surface area contributed by atoms with Gasteiger partial charge in [0.2, 0.25) is 5.91 Å². The molecule has 0 saturated carbocycles. The van der Waals surface area contributed by atoms with Gasteiger partial charge in [-0.05, 0) is 17.7 Å². The minimum Gasteiger partial charge on any atom is -0.354 e. The van der Waals surface area contributed by atoms with E-state index in [4.69, 9.17) is 28.9 Å². The van der Waals surface area contributed by atoms with Crippen LogP contribution in [0, 0.1) is 0 Å². The maximum atomic E-state index is 11.1. The van der Waals surface area contributed by atoms with Crippen molar-refractivity contribution in [1.29, 1.82) is 0 Å². The van der Waals surface area contributed by atoms with Gasteiger partial charge in [0.15, 0.2) is 0 Å². The number of rotatable bonds is 4. The van der Waals surface area contributed by atoms with Gasteiger partial charge < -0.3 is 11.1 Å². The summed E-state index contributed by atoms with van der Waals surface area (Å²) < 4.78 is 0. The van der Waals surface area contributed by atoms with Crippen molar-refractivity contribution in [2.45, 2.75) is 19.3 Å². The van der Waals surface area contributed by atoms with Gasteiger partial charge in [-0.25, -0.2) is 0 Å². The summed E-state index contributed by atoms with van der Waals surface area (Å²) in [5.41, 5.74) is 6.03. The summed E-state index contributed by atoms with van der Waals surface area (Å²) in [6, 6.07) is 5.48. The van der Waals surface area contributed by atoms with E-state index in [-0.39, 0.29) is 17.9 Å². The third kappa shape index (κ3) is 3.87. The molecule has 1 rings (SSSR count). The Labute approximate surface area is 111 Å². The Balaban J connectivity index is 2.81. The third-order valence-corrected chi connectivity index (χ3v) is 3.35. The summed E-state index contributed by atoms with van der Waals surface area (Å²) in [4.78, 5) is 11.1. The van der Waals surface area contributed by atoms with Crippen molar-refractivity contribution in [2.24, 2.45) is 5.73 Å². The predicted molar refractivity (Wildman–Crippen MR) is 71.6 cm³/mol. The van der Waals surface area contributed by atoms with Gasteiger partial charge in [0, 0.05) is 12.0 Å². The fourth-order valence-corrected chi connectivity index (χ4v) is 1.71. The molecule has 0 aliphatic rings. The standard InChI is InChI=1S/C12H16Cl2N2O/c1-12(2,7-16-11(17)6-15)8-3-4-9(13)10(14)5-8/h3-5H,6-7,15H2,1-2H3,(H,16,17). The van der Waals surface area contributed by atoms with Crippen LogP contribution in [0.25, 0.3) is 0 Å². The second kappa shape index (κ2) is 5.71. The molecule has 3 nitrogen and oxygen atoms in total. The van der Waals surface area contributed by atoms with Gasteiger partial charge in [-0.2, -0.15) is 0 Å². The van der Waals surface area contributed by atoms with Gasteiger partial charge in [0.1, 0.15) is 0 Å². The van der Waals surface area contributed by atoms with Crippen molar-refractivity contribution < 1.29 is 4.79 Å². The summed E-state index contributed by atoms with van der Waals surface area (Å²) in [5.74, 6) is -0.168. The van der Waals surface area contributed by atoms with Crippen LogP contribution < -0.4 is 11.1 Å². The molecule has 1 aromatic rings. The van der Waals surface area contributed by atoms with Gasteiger partial charge in [-0.3, -0.25) is 4.79 Å². The minimum atomic E-state index is -0.223. The molecule has 0 aliphatic heterocycles. The van der Waals surface area contributed by atoms with Crippen LogP contribution in [-0.4, -0.2) is 19.0 Å². The Bertz CT molecular complexity index is 419. The van der Waals surface area contributed by atoms with E-state index in [2.05, 4.69) is 5.32 Å². The van der Waals surface area contributed by atoms with Crippen molar-refractivity contribution in [3.63, 3.8) is 0 Å². The number of hydrogen-bond acceptors (Lipinski definition) is 2. The monoisotopic (exact) mass is 274 g/mol. The van der Waals surface area contributed by atoms with Gasteiger partial charge in [0.05, 0.1) is 16.6 Å². The molecule has 5 heteroatoms. The maximum Gasteiger partial charge on any atom is 0.233 e. The molecular formula is C12H16Cl2N2O. The second-order valence-corrected chi connectivity index (χ2v) is 5.31. The SMILES string of the molecule is CC(C)(CNC(=O)CN)c1ccc(Cl)c(Cl)c1. The number of amides is 1. The van der Waals surface area contributed by atoms with Crippen molar-refractivity contribution in [2.75, 3.05) is 13.1 Å². The number of hydrogen-bond donors (Lipinski definition) is 2. The fourth-order valence-electron chi connectivity index (χ4n) is 1.41. The average Bonchev–Trinajstić information content (AvgIpc) is 2.29. The van der Waals surface area contributed by atoms with Gasteiger partial charge in [-0.1, -0.05) is 43.1 Å². The predicted octanol–water partition coefficient (Wildman–Crippen LogP) is 2.35. The molecule has 3 N–H and O–H groups in total. The quantitative estimate of drug-likeness (QED) is 0.886. The van der Waals surface area contributed by atoms with Gasteiger partial charge in [0.25, 0.3) is 0 Å². The third-order valence-electron chi connectivity index (χ3n) is 2.61. The lowest BCUT2D eigenvalue weighted by Gasteiger charge is -2.26. The lowest BCUT2D eigenvalue weighted by molar-refractivity contribution is -0.119. The van der Waals surface area contributed by atoms with E-state index in [0.717, 1.165) is 5.56 Å². The topological polar surface area (TPSA) is 55.1 Å². The zero-order valence-corrected chi connectivity index (χ0v) is 11.4. The molecule has 0 radical (unpaired) electrons. The van der Waals surface area contributed by atoms with Crippen LogP contribution in [0.4, 0.5) is 0 Å². The van der Waals surface area contributed by atoms with Gasteiger partial charge in [-0.15, -0.1) is 0 Å². The first-order valence-corrected chi connectivity index (χ1v) is 6.04. The molecule has 1 amide bonds. The number of carbonyl (C=O) groups is 1. The van der Waals surface area contributed by atoms with Crippen LogP contribution in [0.5, 0.6) is 0 Å². The molecule has 0 saturated heterocycles. The first-order valence-electron chi connectivity index (χ1n) is 5.29. The zero-order chi connectivity index (χ0) is 13.1. The van der Waals surface area contributed by atoms with E-state index in [9.17, 15) is 4.79 Å². The molecule has 0 bridgehead atoms. The highest BCUT2D eigenvalue weighted by Gasteiger charge is 2.21. The van der Waals surface area contributed by atoms with E-state index in [1.807, 2.05) is 26.0 Å². The van der Waals surface area contributed by atoms with Crippen LogP contribution >= 0.6 is 23.2 Å². The number of nitrogens with two attached hydrogens (primary N) is 1. The smallest absolute Gasteiger partial charge is 0.233 e. The number of nitrogens with one attached hydrogen (secondary N) is 1. The highest BCUT2D eigenvalue weighted by atomic mass is 35.5. The molecule has 0 aliphatic carbocycles. The van der Waals surface area contributed by atoms with Crippen LogP contribution in [0.15, 0.2) is 18.2 Å². The molecular weight excluding hydrogens is 259 g/mol. The van der Waals surface area contributed by atoms with E-state index < -0.39 is 0 Å². The number of carbonyl (C=O) groups excluding carboxylic acids is 1. The van der Waals surface area contributed by atoms with Crippen molar-refractivity contribution in [3.05, 3.63) is 33.8 Å². The van der Waals surface area contributed by atoms with Crippen molar-refractivity contribution in [3.8, 4) is 0 Å². The molecule has 0 atom stereocenters. The summed E-state index contributed by atoms with van der Waals surface area (Å²) in [6.07, 6.45) is 0. The summed E-state index contributed by atoms with van der Waals surface area (Å²) in [5, 5.41) is 3.81. The molecule has 0 fully saturated rings. The Morgan fingerprint density at radius 3 is 2.53 bits per heavy atom. The summed E-state index contributed by atoms with van der Waals surface area (Å²) in [6.45, 7) is 4.53. The molecule has 0 spiro atoms. The Morgan fingerprint density at radius 1 is 1.35 bits per heavy atom. The van der Waals surface area contributed by atoms with E-state index in [1.165, 1.54) is 0 Å². The Hall–Kier alpha value is -0.770. The minimum absolute atomic E-state index is 0.00253. The van der Waals surface area contributed by atoms with Crippen LogP contribution in [-0.2, 0) is 10.2 Å². The van der Waals surface area contributed by atoms with Crippen molar-refractivity contribution >= 4 is 29.1 Å². The average molecular weight is 275 g/mol. The normalized spacial score (nSPS) is 11.4. The van der Waals surface area contributed by atoms with E-state index in [1.54, 1.807) is 6.07 Å². The highest BCUT2D eigenvalue weighted by Crippen LogP contribution is 2.29. The maximum absolute atomic E-state index is 11.1. The van der Waals surface area contributed by atoms with E-state index in [0.29, 0.717) is 16.6 Å². The molecule has 0 unspecified atom stereocenters.